The predicted octanol–water partition coefficient (Wildman–Crippen LogP) is 3.70. The largest absolute Gasteiger partial charge is 0.336 e. The van der Waals surface area contributed by atoms with Crippen molar-refractivity contribution in [3.8, 4) is 0 Å². The third-order valence-corrected chi connectivity index (χ3v) is 4.52. The number of para-hydroxylation sites is 2. The summed E-state index contributed by atoms with van der Waals surface area (Å²) >= 11 is 0. The van der Waals surface area contributed by atoms with Crippen molar-refractivity contribution in [1.29, 1.82) is 0 Å². The fourth-order valence-electron chi connectivity index (χ4n) is 3.13. The number of hydrazine groups is 1. The van der Waals surface area contributed by atoms with Crippen molar-refractivity contribution in [2.75, 3.05) is 23.0 Å². The number of carbonyl (C=O) groups excluding carboxylic acids is 2. The fraction of sp³-hybridized carbons (Fsp3) is 0.0909. The van der Waals surface area contributed by atoms with Crippen LogP contribution in [0.1, 0.15) is 10.4 Å². The SMILES string of the molecule is O=C(NN(c1ccccc1)c1ccccc1)c1cccc(N2CCNC2=O)c1. The Balaban J connectivity index is 1.61. The second-order valence-electron chi connectivity index (χ2n) is 6.38. The molecule has 0 aliphatic carbocycles. The Kier molecular flexibility index (Phi) is 4.93. The van der Waals surface area contributed by atoms with Gasteiger partial charge in [-0.3, -0.25) is 20.1 Å². The number of anilines is 3. The van der Waals surface area contributed by atoms with Gasteiger partial charge in [0.2, 0.25) is 0 Å². The van der Waals surface area contributed by atoms with Crippen LogP contribution in [0.3, 0.4) is 0 Å². The molecule has 1 aliphatic heterocycles. The lowest BCUT2D eigenvalue weighted by atomic mass is 10.2. The van der Waals surface area contributed by atoms with Gasteiger partial charge in [0.1, 0.15) is 0 Å². The van der Waals surface area contributed by atoms with E-state index in [4.69, 9.17) is 0 Å². The van der Waals surface area contributed by atoms with Gasteiger partial charge >= 0.3 is 6.03 Å². The average Bonchev–Trinajstić information content (AvgIpc) is 3.19. The first-order valence-electron chi connectivity index (χ1n) is 9.09. The number of carbonyl (C=O) groups is 2. The summed E-state index contributed by atoms with van der Waals surface area (Å²) in [5.74, 6) is -0.255. The Hall–Kier alpha value is -3.80. The van der Waals surface area contributed by atoms with E-state index >= 15 is 0 Å². The molecule has 140 valence electrons. The normalized spacial score (nSPS) is 13.1. The van der Waals surface area contributed by atoms with Crippen molar-refractivity contribution >= 4 is 29.0 Å². The first kappa shape index (κ1) is 17.6. The van der Waals surface area contributed by atoms with Crippen molar-refractivity contribution in [2.24, 2.45) is 0 Å². The zero-order chi connectivity index (χ0) is 19.3. The molecule has 1 aliphatic rings. The Labute approximate surface area is 163 Å². The Bertz CT molecular complexity index is 937. The van der Waals surface area contributed by atoms with Gasteiger partial charge in [0.15, 0.2) is 0 Å². The standard InChI is InChI=1S/C22H20N4O2/c27-21(17-8-7-13-20(16-17)25-15-14-23-22(25)28)24-26(18-9-3-1-4-10-18)19-11-5-2-6-12-19/h1-13,16H,14-15H2,(H,23,28)(H,24,27). The Morgan fingerprint density at radius 3 is 2.11 bits per heavy atom. The smallest absolute Gasteiger partial charge is 0.321 e. The molecule has 28 heavy (non-hydrogen) atoms. The zero-order valence-corrected chi connectivity index (χ0v) is 15.2. The van der Waals surface area contributed by atoms with Gasteiger partial charge < -0.3 is 5.32 Å². The van der Waals surface area contributed by atoms with Crippen LogP contribution in [0.5, 0.6) is 0 Å². The first-order valence-corrected chi connectivity index (χ1v) is 9.09. The van der Waals surface area contributed by atoms with E-state index in [1.54, 1.807) is 28.1 Å². The molecule has 1 heterocycles. The number of benzene rings is 3. The maximum atomic E-state index is 13.0. The molecule has 3 aromatic carbocycles. The van der Waals surface area contributed by atoms with Crippen molar-refractivity contribution in [3.05, 3.63) is 90.5 Å². The maximum Gasteiger partial charge on any atom is 0.321 e. The lowest BCUT2D eigenvalue weighted by Gasteiger charge is -2.25. The van der Waals surface area contributed by atoms with Crippen LogP contribution in [0.4, 0.5) is 21.9 Å². The molecule has 0 spiro atoms. The molecule has 3 amide bonds. The molecule has 0 atom stereocenters. The van der Waals surface area contributed by atoms with Crippen LogP contribution in [-0.2, 0) is 0 Å². The highest BCUT2D eigenvalue weighted by Gasteiger charge is 2.22. The van der Waals surface area contributed by atoms with Crippen molar-refractivity contribution in [1.82, 2.24) is 10.7 Å². The minimum absolute atomic E-state index is 0.146. The van der Waals surface area contributed by atoms with E-state index in [1.807, 2.05) is 66.7 Å². The van der Waals surface area contributed by atoms with Gasteiger partial charge in [0.05, 0.1) is 11.4 Å². The summed E-state index contributed by atoms with van der Waals surface area (Å²) in [5, 5.41) is 4.52. The van der Waals surface area contributed by atoms with Crippen molar-refractivity contribution < 1.29 is 9.59 Å². The van der Waals surface area contributed by atoms with Crippen LogP contribution in [-0.4, -0.2) is 25.0 Å². The molecular formula is C22H20N4O2. The van der Waals surface area contributed by atoms with Crippen LogP contribution in [0, 0.1) is 0 Å². The minimum Gasteiger partial charge on any atom is -0.336 e. The van der Waals surface area contributed by atoms with E-state index in [0.29, 0.717) is 24.3 Å². The summed E-state index contributed by atoms with van der Waals surface area (Å²) in [6.07, 6.45) is 0. The maximum absolute atomic E-state index is 13.0. The lowest BCUT2D eigenvalue weighted by molar-refractivity contribution is 0.0953. The quantitative estimate of drug-likeness (QED) is 0.671. The third kappa shape index (κ3) is 3.66. The Morgan fingerprint density at radius 2 is 1.54 bits per heavy atom. The number of rotatable bonds is 5. The molecule has 4 rings (SSSR count). The van der Waals surface area contributed by atoms with Crippen LogP contribution in [0.2, 0.25) is 0 Å². The molecule has 0 saturated carbocycles. The van der Waals surface area contributed by atoms with Gasteiger partial charge in [-0.05, 0) is 42.5 Å². The first-order chi connectivity index (χ1) is 13.7. The second kappa shape index (κ2) is 7.84. The molecule has 1 saturated heterocycles. The molecule has 0 bridgehead atoms. The highest BCUT2D eigenvalue weighted by atomic mass is 16.2. The minimum atomic E-state index is -0.255. The van der Waals surface area contributed by atoms with Gasteiger partial charge in [-0.15, -0.1) is 0 Å². The number of nitrogens with one attached hydrogen (secondary N) is 2. The van der Waals surface area contributed by atoms with Gasteiger partial charge in [-0.25, -0.2) is 4.79 Å². The van der Waals surface area contributed by atoms with E-state index in [0.717, 1.165) is 11.4 Å². The van der Waals surface area contributed by atoms with Gasteiger partial charge in [-0.1, -0.05) is 42.5 Å². The predicted molar refractivity (Wildman–Crippen MR) is 110 cm³/mol. The van der Waals surface area contributed by atoms with Crippen LogP contribution in [0.15, 0.2) is 84.9 Å². The summed E-state index contributed by atoms with van der Waals surface area (Å²) < 4.78 is 0. The summed E-state index contributed by atoms with van der Waals surface area (Å²) in [6.45, 7) is 1.19. The van der Waals surface area contributed by atoms with E-state index in [9.17, 15) is 9.59 Å². The number of hydrogen-bond donors (Lipinski definition) is 2. The highest BCUT2D eigenvalue weighted by Crippen LogP contribution is 2.23. The number of urea groups is 1. The molecular weight excluding hydrogens is 352 g/mol. The molecule has 0 radical (unpaired) electrons. The van der Waals surface area contributed by atoms with Crippen molar-refractivity contribution in [2.45, 2.75) is 0 Å². The van der Waals surface area contributed by atoms with E-state index in [-0.39, 0.29) is 11.9 Å². The Morgan fingerprint density at radius 1 is 0.893 bits per heavy atom. The third-order valence-electron chi connectivity index (χ3n) is 4.52. The summed E-state index contributed by atoms with van der Waals surface area (Å²) in [5.41, 5.74) is 5.84. The van der Waals surface area contributed by atoms with Gasteiger partial charge in [0.25, 0.3) is 5.91 Å². The van der Waals surface area contributed by atoms with Crippen molar-refractivity contribution in [3.63, 3.8) is 0 Å². The zero-order valence-electron chi connectivity index (χ0n) is 15.2. The molecule has 0 unspecified atom stereocenters. The van der Waals surface area contributed by atoms with E-state index in [1.165, 1.54) is 0 Å². The summed E-state index contributed by atoms with van der Waals surface area (Å²) in [7, 11) is 0. The second-order valence-corrected chi connectivity index (χ2v) is 6.38. The monoisotopic (exact) mass is 372 g/mol. The number of hydrogen-bond acceptors (Lipinski definition) is 3. The van der Waals surface area contributed by atoms with Gasteiger partial charge in [-0.2, -0.15) is 0 Å². The summed E-state index contributed by atoms with van der Waals surface area (Å²) in [4.78, 5) is 26.5. The van der Waals surface area contributed by atoms with E-state index < -0.39 is 0 Å². The van der Waals surface area contributed by atoms with Crippen LogP contribution in [0.25, 0.3) is 0 Å². The molecule has 2 N–H and O–H groups in total. The number of amides is 3. The highest BCUT2D eigenvalue weighted by molar-refractivity contribution is 5.99. The molecule has 6 heteroatoms. The van der Waals surface area contributed by atoms with Crippen LogP contribution < -0.4 is 20.7 Å². The average molecular weight is 372 g/mol. The van der Waals surface area contributed by atoms with E-state index in [2.05, 4.69) is 10.7 Å². The lowest BCUT2D eigenvalue weighted by Crippen LogP contribution is -2.39. The molecule has 3 aromatic rings. The molecule has 6 nitrogen and oxygen atoms in total. The topological polar surface area (TPSA) is 64.7 Å². The molecule has 1 fully saturated rings. The van der Waals surface area contributed by atoms with Gasteiger partial charge in [0, 0.05) is 24.3 Å². The summed E-state index contributed by atoms with van der Waals surface area (Å²) in [6, 6.07) is 26.2. The number of nitrogens with zero attached hydrogens (tertiary/aromatic N) is 2. The van der Waals surface area contributed by atoms with Crippen LogP contribution >= 0.6 is 0 Å². The molecule has 0 aromatic heterocycles. The fourth-order valence-corrected chi connectivity index (χ4v) is 3.13.